The molecule has 0 aliphatic carbocycles. The summed E-state index contributed by atoms with van der Waals surface area (Å²) in [7, 11) is -15.0. The fourth-order valence-corrected chi connectivity index (χ4v) is 6.26. The molecular weight excluding hydrogens is 771 g/mol. The van der Waals surface area contributed by atoms with Crippen molar-refractivity contribution in [3.05, 3.63) is 77.6 Å². The van der Waals surface area contributed by atoms with Gasteiger partial charge < -0.3 is 15.7 Å². The number of hydrogen-bond donors (Lipinski definition) is 6. The van der Waals surface area contributed by atoms with Crippen LogP contribution in [0.1, 0.15) is 5.56 Å². The molecule has 0 aliphatic heterocycles. The molecule has 0 saturated heterocycles. The van der Waals surface area contributed by atoms with Gasteiger partial charge in [0, 0.05) is 99.7 Å². The van der Waals surface area contributed by atoms with E-state index in [1.54, 1.807) is 12.1 Å². The van der Waals surface area contributed by atoms with E-state index in [9.17, 15) is 44.0 Å². The number of rotatable bonds is 9. The molecule has 6 N–H and O–H groups in total. The number of nitrogens with zero attached hydrogens (tertiary/aromatic N) is 5. The van der Waals surface area contributed by atoms with Crippen molar-refractivity contribution in [3.63, 3.8) is 0 Å². The molecule has 5 aromatic rings. The van der Waals surface area contributed by atoms with Gasteiger partial charge in [-0.2, -0.15) is 40.2 Å². The number of aromatic nitrogens is 3. The Morgan fingerprint density at radius 3 is 1.82 bits per heavy atom. The van der Waals surface area contributed by atoms with E-state index in [4.69, 9.17) is 11.6 Å². The smallest absolute Gasteiger partial charge is 0.296 e. The van der Waals surface area contributed by atoms with E-state index in [0.29, 0.717) is 5.69 Å². The van der Waals surface area contributed by atoms with Crippen LogP contribution in [-0.2, 0) is 30.4 Å². The molecule has 50 heavy (non-hydrogen) atoms. The second-order valence-electron chi connectivity index (χ2n) is 9.55. The van der Waals surface area contributed by atoms with Crippen molar-refractivity contribution >= 4 is 176 Å². The minimum Gasteiger partial charge on any atom is -0.505 e. The first-order chi connectivity index (χ1) is 21.9. The Morgan fingerprint density at radius 2 is 1.24 bits per heavy atom. The summed E-state index contributed by atoms with van der Waals surface area (Å²) in [4.78, 5) is 9.59. The molecule has 4 aromatic carbocycles. The Labute approximate surface area is 356 Å². The van der Waals surface area contributed by atoms with Crippen molar-refractivity contribution in [2.75, 3.05) is 10.6 Å². The quantitative estimate of drug-likeness (QED) is 0.0694. The summed E-state index contributed by atoms with van der Waals surface area (Å²) in [6, 6.07) is 14.2. The Bertz CT molecular complexity index is 2460. The number of nitrogens with one attached hydrogen (secondary N) is 2. The summed E-state index contributed by atoms with van der Waals surface area (Å²) in [5.41, 5.74) is -0.285. The first-order valence-corrected chi connectivity index (χ1v) is 17.4. The van der Waals surface area contributed by atoms with Crippen molar-refractivity contribution in [2.24, 2.45) is 10.2 Å². The Morgan fingerprint density at radius 1 is 0.680 bits per heavy atom. The van der Waals surface area contributed by atoms with Crippen LogP contribution in [0.3, 0.4) is 0 Å². The summed E-state index contributed by atoms with van der Waals surface area (Å²) in [5.74, 6) is -1.37. The normalized spacial score (nSPS) is 11.7. The number of anilines is 4. The van der Waals surface area contributed by atoms with Gasteiger partial charge in [-0.3, -0.25) is 13.7 Å². The molecule has 0 aliphatic rings. The van der Waals surface area contributed by atoms with Crippen molar-refractivity contribution < 1.29 is 44.0 Å². The zero-order chi connectivity index (χ0) is 34.3. The molecular formula is C26H20ClN7Na3O10S3. The second-order valence-corrected chi connectivity index (χ2v) is 14.1. The third-order valence-corrected chi connectivity index (χ3v) is 9.11. The van der Waals surface area contributed by atoms with Gasteiger partial charge in [-0.1, -0.05) is 30.3 Å². The van der Waals surface area contributed by atoms with Crippen LogP contribution in [0.15, 0.2) is 91.6 Å². The van der Waals surface area contributed by atoms with E-state index in [1.807, 2.05) is 19.1 Å². The number of para-hydroxylation sites is 1. The first-order valence-electron chi connectivity index (χ1n) is 12.7. The predicted octanol–water partition coefficient (Wildman–Crippen LogP) is 4.19. The minimum atomic E-state index is -5.23. The Balaban J connectivity index is 0.00000289. The Hall–Kier alpha value is -1.83. The van der Waals surface area contributed by atoms with Crippen LogP contribution in [0.2, 0.25) is 5.28 Å². The summed E-state index contributed by atoms with van der Waals surface area (Å²) in [6.45, 7) is 1.82. The summed E-state index contributed by atoms with van der Waals surface area (Å²) in [6.07, 6.45) is 0. The molecule has 0 fully saturated rings. The molecule has 5 rings (SSSR count). The van der Waals surface area contributed by atoms with Crippen LogP contribution in [0.5, 0.6) is 5.75 Å². The van der Waals surface area contributed by atoms with Crippen LogP contribution in [0.25, 0.3) is 10.8 Å². The number of azo groups is 1. The monoisotopic (exact) mass is 790 g/mol. The summed E-state index contributed by atoms with van der Waals surface area (Å²) >= 11 is 6.11. The molecule has 0 amide bonds. The van der Waals surface area contributed by atoms with Crippen LogP contribution in [0, 0.1) is 6.92 Å². The molecule has 24 heteroatoms. The SMILES string of the molecule is Cc1ccccc1Nc1nc(Cl)nc(Nc2cc(S(=O)(=O)O)cc3cc(S(=O)(=O)O)c(N=Nc4ccccc4S(=O)(=O)O)c(O)c23)n1.[Na].[Na].[Na]. The van der Waals surface area contributed by atoms with Gasteiger partial charge in [0.05, 0.1) is 10.6 Å². The van der Waals surface area contributed by atoms with E-state index < -0.39 is 62.2 Å². The summed E-state index contributed by atoms with van der Waals surface area (Å²) in [5, 5.41) is 23.3. The van der Waals surface area contributed by atoms with E-state index in [2.05, 4.69) is 35.8 Å². The topological polar surface area (TPSA) is 271 Å². The van der Waals surface area contributed by atoms with Crippen molar-refractivity contribution in [1.29, 1.82) is 0 Å². The van der Waals surface area contributed by atoms with Crippen LogP contribution in [0.4, 0.5) is 34.6 Å². The van der Waals surface area contributed by atoms with Gasteiger partial charge in [0.15, 0.2) is 5.75 Å². The number of hydrogen-bond acceptors (Lipinski definition) is 14. The van der Waals surface area contributed by atoms with Crippen LogP contribution >= 0.6 is 11.6 Å². The number of aromatic hydroxyl groups is 1. The van der Waals surface area contributed by atoms with Crippen molar-refractivity contribution in [1.82, 2.24) is 15.0 Å². The van der Waals surface area contributed by atoms with E-state index in [-0.39, 0.29) is 122 Å². The summed E-state index contributed by atoms with van der Waals surface area (Å²) < 4.78 is 102. The van der Waals surface area contributed by atoms with Crippen LogP contribution < -0.4 is 10.6 Å². The fraction of sp³-hybridized carbons (Fsp3) is 0.0385. The van der Waals surface area contributed by atoms with Crippen molar-refractivity contribution in [2.45, 2.75) is 21.6 Å². The molecule has 1 heterocycles. The zero-order valence-electron chi connectivity index (χ0n) is 26.4. The minimum absolute atomic E-state index is 0. The van der Waals surface area contributed by atoms with Gasteiger partial charge in [-0.25, -0.2) is 0 Å². The number of phenolic OH excluding ortho intramolecular Hbond substituents is 1. The average molecular weight is 791 g/mol. The number of phenols is 1. The molecule has 0 spiro atoms. The van der Waals surface area contributed by atoms with Gasteiger partial charge in [-0.05, 0) is 65.9 Å². The molecule has 0 bridgehead atoms. The van der Waals surface area contributed by atoms with E-state index in [1.165, 1.54) is 12.1 Å². The fourth-order valence-electron chi connectivity index (χ4n) is 4.28. The van der Waals surface area contributed by atoms with E-state index in [0.717, 1.165) is 35.9 Å². The standard InChI is InChI=1S/C26H20ClN7O10S3.3Na/c1-13-6-2-3-7-16(13)28-25-30-24(27)31-26(32-25)29-18-12-15(45(36,37)38)10-14-11-20(47(42,43)44)22(23(35)21(14)18)34-33-17-8-4-5-9-19(17)46(39,40)41;;;/h2-12,35H,1H3,(H,36,37,38)(H,39,40,41)(H,42,43,44)(H2,28,29,30,31,32);;;. The van der Waals surface area contributed by atoms with Gasteiger partial charge >= 0.3 is 0 Å². The zero-order valence-corrected chi connectivity index (χ0v) is 35.6. The maximum absolute atomic E-state index is 12.4. The maximum Gasteiger partial charge on any atom is 0.296 e. The number of fused-ring (bicyclic) bond motifs is 1. The number of halogens is 1. The third kappa shape index (κ3) is 10.4. The largest absolute Gasteiger partial charge is 0.505 e. The molecule has 3 radical (unpaired) electrons. The maximum atomic E-state index is 12.4. The third-order valence-electron chi connectivity index (χ3n) is 6.35. The molecule has 1 aromatic heterocycles. The van der Waals surface area contributed by atoms with Gasteiger partial charge in [0.2, 0.25) is 17.2 Å². The van der Waals surface area contributed by atoms with Crippen molar-refractivity contribution in [3.8, 4) is 5.75 Å². The molecule has 0 atom stereocenters. The van der Waals surface area contributed by atoms with Gasteiger partial charge in [-0.15, -0.1) is 10.2 Å². The molecule has 0 saturated carbocycles. The second kappa shape index (κ2) is 17.3. The number of benzene rings is 4. The predicted molar refractivity (Wildman–Crippen MR) is 186 cm³/mol. The Kier molecular flexibility index (Phi) is 15.4. The average Bonchev–Trinajstić information content (AvgIpc) is 2.96. The first kappa shape index (κ1) is 44.3. The molecule has 0 unspecified atom stereocenters. The molecule has 247 valence electrons. The van der Waals surface area contributed by atoms with Gasteiger partial charge in [0.1, 0.15) is 21.2 Å². The molecule has 17 nitrogen and oxygen atoms in total. The van der Waals surface area contributed by atoms with Crippen LogP contribution in [-0.4, -0.2) is 148 Å². The number of aryl methyl sites for hydroxylation is 1. The van der Waals surface area contributed by atoms with Gasteiger partial charge in [0.25, 0.3) is 30.4 Å². The van der Waals surface area contributed by atoms with E-state index >= 15 is 0 Å².